The number of hydrogen-bond donors (Lipinski definition) is 3. The molecule has 3 aromatic rings. The second-order valence-electron chi connectivity index (χ2n) is 5.90. The van der Waals surface area contributed by atoms with Gasteiger partial charge in [-0.3, -0.25) is 4.79 Å². The highest BCUT2D eigenvalue weighted by Gasteiger charge is 2.17. The lowest BCUT2D eigenvalue weighted by molar-refractivity contribution is 0.102. The van der Waals surface area contributed by atoms with Gasteiger partial charge in [-0.2, -0.15) is 0 Å². The second-order valence-corrected chi connectivity index (χ2v) is 8.18. The molecule has 3 N–H and O–H groups in total. The van der Waals surface area contributed by atoms with E-state index in [2.05, 4.69) is 10.3 Å². The Hall–Kier alpha value is -3.00. The third kappa shape index (κ3) is 3.90. The van der Waals surface area contributed by atoms with Crippen molar-refractivity contribution in [2.45, 2.75) is 18.7 Å². The molecule has 0 fully saturated rings. The smallest absolute Gasteiger partial charge is 0.272 e. The topological polar surface area (TPSA) is 108 Å². The molecule has 0 aliphatic carbocycles. The van der Waals surface area contributed by atoms with Crippen LogP contribution < -0.4 is 10.1 Å². The van der Waals surface area contributed by atoms with Gasteiger partial charge in [-0.05, 0) is 43.3 Å². The van der Waals surface area contributed by atoms with E-state index in [0.29, 0.717) is 12.4 Å². The molecule has 27 heavy (non-hydrogen) atoms. The normalized spacial score (nSPS) is 11.5. The Morgan fingerprint density at radius 3 is 2.63 bits per heavy atom. The Morgan fingerprint density at radius 1 is 1.15 bits per heavy atom. The van der Waals surface area contributed by atoms with Crippen LogP contribution in [-0.4, -0.2) is 36.8 Å². The van der Waals surface area contributed by atoms with Crippen LogP contribution in [0.1, 0.15) is 24.3 Å². The number of anilines is 1. The number of rotatable bonds is 6. The van der Waals surface area contributed by atoms with Gasteiger partial charge in [0, 0.05) is 17.0 Å². The van der Waals surface area contributed by atoms with Crippen LogP contribution in [0.3, 0.4) is 0 Å². The van der Waals surface area contributed by atoms with Crippen molar-refractivity contribution in [3.8, 4) is 11.5 Å². The van der Waals surface area contributed by atoms with E-state index in [4.69, 9.17) is 4.74 Å². The second kappa shape index (κ2) is 7.32. The molecule has 0 spiro atoms. The molecular weight excluding hydrogens is 368 g/mol. The average Bonchev–Trinajstić information content (AvgIpc) is 3.07. The van der Waals surface area contributed by atoms with Crippen molar-refractivity contribution >= 4 is 32.3 Å². The number of H-pyrrole nitrogens is 1. The van der Waals surface area contributed by atoms with Crippen molar-refractivity contribution < 1.29 is 23.1 Å². The number of aromatic nitrogens is 1. The predicted octanol–water partition coefficient (Wildman–Crippen LogP) is 3.32. The zero-order valence-corrected chi connectivity index (χ0v) is 15.8. The van der Waals surface area contributed by atoms with Crippen LogP contribution in [0.2, 0.25) is 0 Å². The van der Waals surface area contributed by atoms with Crippen molar-refractivity contribution in [1.82, 2.24) is 4.98 Å². The first kappa shape index (κ1) is 18.8. The van der Waals surface area contributed by atoms with E-state index in [1.54, 1.807) is 12.1 Å². The van der Waals surface area contributed by atoms with Gasteiger partial charge in [0.2, 0.25) is 0 Å². The highest BCUT2D eigenvalue weighted by molar-refractivity contribution is 7.91. The monoisotopic (exact) mass is 388 g/mol. The zero-order valence-electron chi connectivity index (χ0n) is 14.9. The molecule has 1 amide bonds. The van der Waals surface area contributed by atoms with Gasteiger partial charge < -0.3 is 20.1 Å². The molecule has 142 valence electrons. The quantitative estimate of drug-likeness (QED) is 0.561. The van der Waals surface area contributed by atoms with Gasteiger partial charge in [-0.25, -0.2) is 8.42 Å². The first-order valence-electron chi connectivity index (χ1n) is 8.46. The van der Waals surface area contributed by atoms with Crippen LogP contribution in [0.4, 0.5) is 5.69 Å². The molecule has 1 heterocycles. The fourth-order valence-corrected chi connectivity index (χ4v) is 3.56. The number of aromatic hydroxyl groups is 1. The standard InChI is InChI=1S/C19H20N2O5S/c1-3-26-13-6-5-12-9-17(20-15(12)10-13)19(23)21-16-11-14(7-8-18(16)22)27(24,25)4-2/h5-11,20,22H,3-4H2,1-2H3,(H,21,23). The van der Waals surface area contributed by atoms with Crippen molar-refractivity contribution in [2.75, 3.05) is 17.7 Å². The largest absolute Gasteiger partial charge is 0.506 e. The van der Waals surface area contributed by atoms with E-state index in [1.165, 1.54) is 25.1 Å². The van der Waals surface area contributed by atoms with Crippen LogP contribution in [0.5, 0.6) is 11.5 Å². The maximum absolute atomic E-state index is 12.5. The summed E-state index contributed by atoms with van der Waals surface area (Å²) in [5.41, 5.74) is 1.04. The van der Waals surface area contributed by atoms with Gasteiger partial charge in [-0.1, -0.05) is 6.92 Å². The highest BCUT2D eigenvalue weighted by atomic mass is 32.2. The maximum atomic E-state index is 12.5. The van der Waals surface area contributed by atoms with Gasteiger partial charge in [0.15, 0.2) is 9.84 Å². The van der Waals surface area contributed by atoms with Crippen LogP contribution >= 0.6 is 0 Å². The number of hydrogen-bond acceptors (Lipinski definition) is 5. The van der Waals surface area contributed by atoms with Gasteiger partial charge >= 0.3 is 0 Å². The van der Waals surface area contributed by atoms with E-state index >= 15 is 0 Å². The minimum atomic E-state index is -3.45. The number of phenols is 1. The molecule has 0 saturated heterocycles. The first-order valence-corrected chi connectivity index (χ1v) is 10.1. The summed E-state index contributed by atoms with van der Waals surface area (Å²) in [6.07, 6.45) is 0. The molecule has 2 aromatic carbocycles. The van der Waals surface area contributed by atoms with E-state index in [0.717, 1.165) is 10.9 Å². The van der Waals surface area contributed by atoms with Gasteiger partial charge in [0.25, 0.3) is 5.91 Å². The number of nitrogens with one attached hydrogen (secondary N) is 2. The Bertz CT molecular complexity index is 1100. The summed E-state index contributed by atoms with van der Waals surface area (Å²) in [6.45, 7) is 3.95. The fourth-order valence-electron chi connectivity index (χ4n) is 2.65. The van der Waals surface area contributed by atoms with Crippen molar-refractivity contribution in [1.29, 1.82) is 0 Å². The molecule has 1 aromatic heterocycles. The van der Waals surface area contributed by atoms with Crippen LogP contribution in [0, 0.1) is 0 Å². The number of ether oxygens (including phenoxy) is 1. The summed E-state index contributed by atoms with van der Waals surface area (Å²) in [7, 11) is -3.45. The van der Waals surface area contributed by atoms with E-state index in [1.807, 2.05) is 19.1 Å². The van der Waals surface area contributed by atoms with E-state index in [9.17, 15) is 18.3 Å². The molecule has 0 atom stereocenters. The van der Waals surface area contributed by atoms with Crippen molar-refractivity contribution in [2.24, 2.45) is 0 Å². The number of amides is 1. The van der Waals surface area contributed by atoms with Crippen LogP contribution in [0.25, 0.3) is 10.9 Å². The molecule has 0 aliphatic rings. The Kier molecular flexibility index (Phi) is 5.09. The molecule has 0 bridgehead atoms. The summed E-state index contributed by atoms with van der Waals surface area (Å²) in [6, 6.07) is 10.9. The molecule has 0 aliphatic heterocycles. The lowest BCUT2D eigenvalue weighted by atomic mass is 10.2. The number of aromatic amines is 1. The number of phenolic OH excluding ortho intramolecular Hbond substituents is 1. The Morgan fingerprint density at radius 2 is 1.93 bits per heavy atom. The SMILES string of the molecule is CCOc1ccc2cc(C(=O)Nc3cc(S(=O)(=O)CC)ccc3O)[nH]c2c1. The Balaban J connectivity index is 1.89. The van der Waals surface area contributed by atoms with E-state index in [-0.39, 0.29) is 27.8 Å². The third-order valence-electron chi connectivity index (χ3n) is 4.10. The summed E-state index contributed by atoms with van der Waals surface area (Å²) < 4.78 is 29.5. The van der Waals surface area contributed by atoms with E-state index < -0.39 is 15.7 Å². The summed E-state index contributed by atoms with van der Waals surface area (Å²) in [4.78, 5) is 15.6. The van der Waals surface area contributed by atoms with Crippen LogP contribution in [0.15, 0.2) is 47.4 Å². The number of fused-ring (bicyclic) bond motifs is 1. The number of benzene rings is 2. The number of carbonyl (C=O) groups excluding carboxylic acids is 1. The molecule has 0 unspecified atom stereocenters. The van der Waals surface area contributed by atoms with Gasteiger partial charge in [-0.15, -0.1) is 0 Å². The third-order valence-corrected chi connectivity index (χ3v) is 5.84. The van der Waals surface area contributed by atoms with Crippen molar-refractivity contribution in [3.63, 3.8) is 0 Å². The summed E-state index contributed by atoms with van der Waals surface area (Å²) in [5.74, 6) is -0.0948. The lowest BCUT2D eigenvalue weighted by Gasteiger charge is -2.09. The van der Waals surface area contributed by atoms with Crippen molar-refractivity contribution in [3.05, 3.63) is 48.2 Å². The molecular formula is C19H20N2O5S. The summed E-state index contributed by atoms with van der Waals surface area (Å²) in [5, 5.41) is 13.3. The highest BCUT2D eigenvalue weighted by Crippen LogP contribution is 2.28. The molecule has 0 saturated carbocycles. The fraction of sp³-hybridized carbons (Fsp3) is 0.211. The minimum Gasteiger partial charge on any atom is -0.506 e. The summed E-state index contributed by atoms with van der Waals surface area (Å²) >= 11 is 0. The molecule has 8 heteroatoms. The first-order chi connectivity index (χ1) is 12.8. The van der Waals surface area contributed by atoms with Gasteiger partial charge in [0.05, 0.1) is 22.9 Å². The zero-order chi connectivity index (χ0) is 19.6. The lowest BCUT2D eigenvalue weighted by Crippen LogP contribution is -2.13. The van der Waals surface area contributed by atoms with Crippen LogP contribution in [-0.2, 0) is 9.84 Å². The maximum Gasteiger partial charge on any atom is 0.272 e. The molecule has 7 nitrogen and oxygen atoms in total. The molecule has 0 radical (unpaired) electrons. The molecule has 3 rings (SSSR count). The Labute approximate surface area is 156 Å². The number of carbonyl (C=O) groups is 1. The average molecular weight is 388 g/mol. The number of sulfone groups is 1. The van der Waals surface area contributed by atoms with Gasteiger partial charge in [0.1, 0.15) is 17.2 Å². The minimum absolute atomic E-state index is 0.0307. The predicted molar refractivity (Wildman–Crippen MR) is 103 cm³/mol.